The molecule has 0 unspecified atom stereocenters. The van der Waals surface area contributed by atoms with Crippen molar-refractivity contribution < 1.29 is 14.3 Å². The van der Waals surface area contributed by atoms with Gasteiger partial charge in [0, 0.05) is 33.0 Å². The number of ether oxygens (including phenoxy) is 1. The fourth-order valence-electron chi connectivity index (χ4n) is 2.26. The Morgan fingerprint density at radius 1 is 1.12 bits per heavy atom. The summed E-state index contributed by atoms with van der Waals surface area (Å²) in [7, 11) is 1.61. The highest BCUT2D eigenvalue weighted by Gasteiger charge is 2.17. The highest BCUT2D eigenvalue weighted by atomic mass is 35.5. The van der Waals surface area contributed by atoms with Crippen molar-refractivity contribution >= 4 is 34.6 Å². The van der Waals surface area contributed by atoms with E-state index in [0.29, 0.717) is 28.9 Å². The number of nitrogens with zero attached hydrogens (tertiary/aromatic N) is 1. The van der Waals surface area contributed by atoms with Crippen LogP contribution in [0, 0.1) is 0 Å². The van der Waals surface area contributed by atoms with E-state index in [-0.39, 0.29) is 24.5 Å². The third-order valence-electron chi connectivity index (χ3n) is 3.55. The molecular formula is C18H20ClNO3S. The van der Waals surface area contributed by atoms with Gasteiger partial charge in [0.1, 0.15) is 0 Å². The Balaban J connectivity index is 1.93. The van der Waals surface area contributed by atoms with Gasteiger partial charge in [0.15, 0.2) is 5.78 Å². The molecule has 128 valence electrons. The van der Waals surface area contributed by atoms with Gasteiger partial charge in [0.25, 0.3) is 0 Å². The third kappa shape index (κ3) is 5.74. The summed E-state index contributed by atoms with van der Waals surface area (Å²) in [5.41, 5.74) is 1.05. The third-order valence-corrected chi connectivity index (χ3v) is 4.82. The van der Waals surface area contributed by atoms with E-state index in [9.17, 15) is 9.59 Å². The lowest BCUT2D eigenvalue weighted by molar-refractivity contribution is -0.132. The Bertz CT molecular complexity index is 672. The monoisotopic (exact) mass is 365 g/mol. The second-order valence-electron chi connectivity index (χ2n) is 5.32. The number of ketones is 1. The molecule has 0 spiro atoms. The van der Waals surface area contributed by atoms with Crippen LogP contribution in [0.25, 0.3) is 0 Å². The summed E-state index contributed by atoms with van der Waals surface area (Å²) in [5, 5.41) is 0. The zero-order valence-corrected chi connectivity index (χ0v) is 15.1. The van der Waals surface area contributed by atoms with Crippen LogP contribution in [0.4, 0.5) is 0 Å². The molecule has 2 aromatic rings. The Hall–Kier alpha value is -1.69. The maximum absolute atomic E-state index is 12.5. The van der Waals surface area contributed by atoms with Gasteiger partial charge in [-0.1, -0.05) is 41.9 Å². The quantitative estimate of drug-likeness (QED) is 0.630. The van der Waals surface area contributed by atoms with Crippen LogP contribution in [0.3, 0.4) is 0 Å². The minimum Gasteiger partial charge on any atom is -0.383 e. The zero-order valence-electron chi connectivity index (χ0n) is 13.5. The molecule has 0 fully saturated rings. The summed E-state index contributed by atoms with van der Waals surface area (Å²) in [5.74, 6) is -0.0986. The fourth-order valence-corrected chi connectivity index (χ4v) is 3.27. The van der Waals surface area contributed by atoms with Gasteiger partial charge in [-0.05, 0) is 17.7 Å². The Labute approximate surface area is 151 Å². The van der Waals surface area contributed by atoms with E-state index in [1.54, 1.807) is 24.1 Å². The molecule has 0 radical (unpaired) electrons. The van der Waals surface area contributed by atoms with Gasteiger partial charge < -0.3 is 9.64 Å². The van der Waals surface area contributed by atoms with Crippen LogP contribution in [-0.4, -0.2) is 36.9 Å². The first-order valence-corrected chi connectivity index (χ1v) is 8.88. The summed E-state index contributed by atoms with van der Waals surface area (Å²) in [6, 6.07) is 13.2. The van der Waals surface area contributed by atoms with Crippen LogP contribution in [0.5, 0.6) is 0 Å². The average molecular weight is 366 g/mol. The van der Waals surface area contributed by atoms with E-state index < -0.39 is 0 Å². The van der Waals surface area contributed by atoms with Crippen LogP contribution in [0.1, 0.15) is 28.1 Å². The summed E-state index contributed by atoms with van der Waals surface area (Å²) in [4.78, 5) is 26.9. The first-order chi connectivity index (χ1) is 11.6. The van der Waals surface area contributed by atoms with Crippen LogP contribution < -0.4 is 0 Å². The standard InChI is InChI=1S/C18H20ClNO3S/c1-23-12-11-20(13-14-5-3-2-4-6-14)18(22)10-7-15(21)16-8-9-17(19)24-16/h2-6,8-9H,7,10-13H2,1H3. The maximum atomic E-state index is 12.5. The van der Waals surface area contributed by atoms with Crippen molar-refractivity contribution in [1.82, 2.24) is 4.90 Å². The maximum Gasteiger partial charge on any atom is 0.223 e. The van der Waals surface area contributed by atoms with E-state index in [4.69, 9.17) is 16.3 Å². The van der Waals surface area contributed by atoms with Crippen molar-refractivity contribution in [3.63, 3.8) is 0 Å². The fraction of sp³-hybridized carbons (Fsp3) is 0.333. The Morgan fingerprint density at radius 2 is 1.88 bits per heavy atom. The summed E-state index contributed by atoms with van der Waals surface area (Å²) < 4.78 is 5.66. The van der Waals surface area contributed by atoms with Crippen molar-refractivity contribution in [2.24, 2.45) is 0 Å². The predicted octanol–water partition coefficient (Wildman–Crippen LogP) is 4.04. The molecule has 0 aliphatic rings. The highest BCUT2D eigenvalue weighted by Crippen LogP contribution is 2.23. The molecule has 6 heteroatoms. The van der Waals surface area contributed by atoms with Crippen LogP contribution in [0.2, 0.25) is 4.34 Å². The van der Waals surface area contributed by atoms with Crippen molar-refractivity contribution in [2.75, 3.05) is 20.3 Å². The van der Waals surface area contributed by atoms with Gasteiger partial charge in [0.2, 0.25) is 5.91 Å². The number of carbonyl (C=O) groups excluding carboxylic acids is 2. The molecule has 1 heterocycles. The van der Waals surface area contributed by atoms with E-state index >= 15 is 0 Å². The molecule has 0 saturated heterocycles. The summed E-state index contributed by atoms with van der Waals surface area (Å²) in [6.45, 7) is 1.48. The number of amides is 1. The molecule has 2 rings (SSSR count). The molecule has 0 saturated carbocycles. The van der Waals surface area contributed by atoms with Gasteiger partial charge in [-0.2, -0.15) is 0 Å². The lowest BCUT2D eigenvalue weighted by Crippen LogP contribution is -2.33. The molecule has 4 nitrogen and oxygen atoms in total. The highest BCUT2D eigenvalue weighted by molar-refractivity contribution is 7.18. The molecule has 0 aliphatic carbocycles. The van der Waals surface area contributed by atoms with E-state index in [0.717, 1.165) is 5.56 Å². The Morgan fingerprint density at radius 3 is 2.50 bits per heavy atom. The number of hydrogen-bond acceptors (Lipinski definition) is 4. The number of benzene rings is 1. The van der Waals surface area contributed by atoms with Gasteiger partial charge in [-0.3, -0.25) is 9.59 Å². The lowest BCUT2D eigenvalue weighted by atomic mass is 10.1. The molecule has 1 amide bonds. The number of halogens is 1. The smallest absolute Gasteiger partial charge is 0.223 e. The summed E-state index contributed by atoms with van der Waals surface area (Å²) in [6.07, 6.45) is 0.374. The number of carbonyl (C=O) groups is 2. The minimum absolute atomic E-state index is 0.0492. The van der Waals surface area contributed by atoms with Crippen molar-refractivity contribution in [3.8, 4) is 0 Å². The van der Waals surface area contributed by atoms with Crippen LogP contribution in [0.15, 0.2) is 42.5 Å². The second kappa shape index (κ2) is 9.57. The average Bonchev–Trinajstić information content (AvgIpc) is 3.03. The SMILES string of the molecule is COCCN(Cc1ccccc1)C(=O)CCC(=O)c1ccc(Cl)s1. The Kier molecular flexibility index (Phi) is 7.43. The van der Waals surface area contributed by atoms with Crippen LogP contribution in [-0.2, 0) is 16.1 Å². The molecular weight excluding hydrogens is 346 g/mol. The van der Waals surface area contributed by atoms with Crippen molar-refractivity contribution in [1.29, 1.82) is 0 Å². The topological polar surface area (TPSA) is 46.6 Å². The molecule has 24 heavy (non-hydrogen) atoms. The number of methoxy groups -OCH3 is 1. The van der Waals surface area contributed by atoms with Gasteiger partial charge in [0.05, 0.1) is 15.8 Å². The largest absolute Gasteiger partial charge is 0.383 e. The number of rotatable bonds is 9. The minimum atomic E-state index is -0.0494. The predicted molar refractivity (Wildman–Crippen MR) is 96.6 cm³/mol. The second-order valence-corrected chi connectivity index (χ2v) is 7.04. The summed E-state index contributed by atoms with van der Waals surface area (Å²) >= 11 is 7.09. The molecule has 0 N–H and O–H groups in total. The van der Waals surface area contributed by atoms with Gasteiger partial charge in [-0.25, -0.2) is 0 Å². The number of hydrogen-bond donors (Lipinski definition) is 0. The number of thiophene rings is 1. The molecule has 0 atom stereocenters. The van der Waals surface area contributed by atoms with Gasteiger partial charge in [-0.15, -0.1) is 11.3 Å². The molecule has 1 aromatic carbocycles. The lowest BCUT2D eigenvalue weighted by Gasteiger charge is -2.22. The molecule has 0 aliphatic heterocycles. The van der Waals surface area contributed by atoms with Crippen molar-refractivity contribution in [2.45, 2.75) is 19.4 Å². The normalized spacial score (nSPS) is 10.6. The van der Waals surface area contributed by atoms with Crippen LogP contribution >= 0.6 is 22.9 Å². The number of Topliss-reactive ketones (excluding diaryl/α,β-unsaturated/α-hetero) is 1. The molecule has 1 aromatic heterocycles. The van der Waals surface area contributed by atoms with E-state index in [1.807, 2.05) is 30.3 Å². The molecule has 0 bridgehead atoms. The van der Waals surface area contributed by atoms with E-state index in [2.05, 4.69) is 0 Å². The zero-order chi connectivity index (χ0) is 17.4. The van der Waals surface area contributed by atoms with E-state index in [1.165, 1.54) is 11.3 Å². The first-order valence-electron chi connectivity index (χ1n) is 7.69. The first kappa shape index (κ1) is 18.6. The van der Waals surface area contributed by atoms with Gasteiger partial charge >= 0.3 is 0 Å². The van der Waals surface area contributed by atoms with Crippen molar-refractivity contribution in [3.05, 3.63) is 57.2 Å².